The van der Waals surface area contributed by atoms with Gasteiger partial charge in [-0.15, -0.1) is 0 Å². The summed E-state index contributed by atoms with van der Waals surface area (Å²) in [6.45, 7) is 0. The van der Waals surface area contributed by atoms with Crippen molar-refractivity contribution in [3.8, 4) is 0 Å². The number of benzene rings is 1. The fourth-order valence-electron chi connectivity index (χ4n) is 3.03. The molecule has 1 aliphatic carbocycles. The van der Waals surface area contributed by atoms with E-state index in [1.165, 1.54) is 19.3 Å². The van der Waals surface area contributed by atoms with Gasteiger partial charge in [0.15, 0.2) is 0 Å². The fourth-order valence-corrected chi connectivity index (χ4v) is 4.07. The summed E-state index contributed by atoms with van der Waals surface area (Å²) in [7, 11) is 1.85. The molecule has 0 spiro atoms. The maximum atomic E-state index is 11.7. The highest BCUT2D eigenvalue weighted by Gasteiger charge is 2.23. The second-order valence-corrected chi connectivity index (χ2v) is 7.68. The molecule has 1 fully saturated rings. The van der Waals surface area contributed by atoms with Crippen LogP contribution in [0.4, 0.5) is 0 Å². The molecule has 0 aliphatic heterocycles. The van der Waals surface area contributed by atoms with E-state index in [0.717, 1.165) is 23.7 Å². The molecule has 0 amide bonds. The molecule has 3 rings (SSSR count). The summed E-state index contributed by atoms with van der Waals surface area (Å²) in [6, 6.07) is 7.97. The van der Waals surface area contributed by atoms with Crippen molar-refractivity contribution in [1.82, 2.24) is 4.57 Å². The van der Waals surface area contributed by atoms with Crippen LogP contribution in [-0.2, 0) is 9.05 Å². The van der Waals surface area contributed by atoms with Crippen LogP contribution in [0, 0.1) is 0 Å². The lowest BCUT2D eigenvalue weighted by Gasteiger charge is -2.24. The largest absolute Gasteiger partial charge is 0.343 e. The Hall–Kier alpha value is -1.00. The second kappa shape index (κ2) is 4.84. The number of nitrogens with zero attached hydrogens (tertiary/aromatic N) is 1. The van der Waals surface area contributed by atoms with Gasteiger partial charge in [-0.2, -0.15) is 0 Å². The Labute approximate surface area is 117 Å². The molecule has 1 aliphatic rings. The highest BCUT2D eigenvalue weighted by molar-refractivity contribution is 8.14. The zero-order valence-electron chi connectivity index (χ0n) is 10.5. The van der Waals surface area contributed by atoms with E-state index in [1.807, 2.05) is 24.3 Å². The molecule has 102 valence electrons. The van der Waals surface area contributed by atoms with Gasteiger partial charge in [0.25, 0.3) is 9.05 Å². The van der Waals surface area contributed by atoms with Gasteiger partial charge in [0.05, 0.1) is 0 Å². The third-order valence-electron chi connectivity index (χ3n) is 3.93. The molecule has 5 heteroatoms. The van der Waals surface area contributed by atoms with Crippen LogP contribution in [0.2, 0.25) is 0 Å². The fraction of sp³-hybridized carbons (Fsp3) is 0.429. The molecule has 0 bridgehead atoms. The van der Waals surface area contributed by atoms with E-state index < -0.39 is 9.05 Å². The van der Waals surface area contributed by atoms with Crippen LogP contribution in [0.1, 0.15) is 38.1 Å². The molecule has 0 atom stereocenters. The molecule has 1 heterocycles. The first-order valence-electron chi connectivity index (χ1n) is 6.61. The van der Waals surface area contributed by atoms with E-state index in [9.17, 15) is 8.42 Å². The Kier molecular flexibility index (Phi) is 3.31. The average molecular weight is 298 g/mol. The summed E-state index contributed by atoms with van der Waals surface area (Å²) in [4.78, 5) is 0.232. The average Bonchev–Trinajstić information content (AvgIpc) is 2.79. The number of para-hydroxylation sites is 1. The van der Waals surface area contributed by atoms with Crippen molar-refractivity contribution >= 4 is 30.6 Å². The number of hydrogen-bond donors (Lipinski definition) is 0. The van der Waals surface area contributed by atoms with Crippen LogP contribution < -0.4 is 0 Å². The minimum absolute atomic E-state index is 0.232. The SMILES string of the molecule is O=S(=O)(Cl)c1cn(C2CCCCC2)c2ccccc12. The lowest BCUT2D eigenvalue weighted by Crippen LogP contribution is -2.11. The highest BCUT2D eigenvalue weighted by Crippen LogP contribution is 2.35. The van der Waals surface area contributed by atoms with Gasteiger partial charge in [-0.05, 0) is 18.9 Å². The summed E-state index contributed by atoms with van der Waals surface area (Å²) >= 11 is 0. The Morgan fingerprint density at radius 3 is 2.47 bits per heavy atom. The van der Waals surface area contributed by atoms with Crippen molar-refractivity contribution in [3.05, 3.63) is 30.5 Å². The maximum Gasteiger partial charge on any atom is 0.263 e. The van der Waals surface area contributed by atoms with Crippen LogP contribution >= 0.6 is 10.7 Å². The van der Waals surface area contributed by atoms with Crippen LogP contribution in [0.25, 0.3) is 10.9 Å². The zero-order valence-corrected chi connectivity index (χ0v) is 12.1. The molecular weight excluding hydrogens is 282 g/mol. The van der Waals surface area contributed by atoms with Crippen LogP contribution in [0.5, 0.6) is 0 Å². The standard InChI is InChI=1S/C14H16ClNO2S/c15-19(17,18)14-10-16(11-6-2-1-3-7-11)13-9-5-4-8-12(13)14/h4-5,8-11H,1-3,6-7H2. The maximum absolute atomic E-state index is 11.7. The summed E-state index contributed by atoms with van der Waals surface area (Å²) in [5, 5.41) is 0.725. The number of rotatable bonds is 2. The third-order valence-corrected chi connectivity index (χ3v) is 5.28. The normalized spacial score (nSPS) is 17.9. The van der Waals surface area contributed by atoms with E-state index in [-0.39, 0.29) is 4.90 Å². The van der Waals surface area contributed by atoms with E-state index in [2.05, 4.69) is 4.57 Å². The van der Waals surface area contributed by atoms with E-state index in [4.69, 9.17) is 10.7 Å². The summed E-state index contributed by atoms with van der Waals surface area (Å²) in [5.74, 6) is 0. The first kappa shape index (κ1) is 13.0. The molecule has 1 aromatic heterocycles. The molecule has 0 saturated heterocycles. The summed E-state index contributed by atoms with van der Waals surface area (Å²) in [6.07, 6.45) is 7.63. The summed E-state index contributed by atoms with van der Waals surface area (Å²) in [5.41, 5.74) is 0.966. The summed E-state index contributed by atoms with van der Waals surface area (Å²) < 4.78 is 25.5. The van der Waals surface area contributed by atoms with E-state index in [0.29, 0.717) is 6.04 Å². The first-order chi connectivity index (χ1) is 9.07. The zero-order chi connectivity index (χ0) is 13.5. The van der Waals surface area contributed by atoms with E-state index >= 15 is 0 Å². The molecule has 0 radical (unpaired) electrons. The van der Waals surface area contributed by atoms with Crippen molar-refractivity contribution in [2.45, 2.75) is 43.0 Å². The van der Waals surface area contributed by atoms with Gasteiger partial charge < -0.3 is 4.57 Å². The van der Waals surface area contributed by atoms with Crippen LogP contribution in [-0.4, -0.2) is 13.0 Å². The van der Waals surface area contributed by atoms with Gasteiger partial charge in [-0.25, -0.2) is 8.42 Å². The first-order valence-corrected chi connectivity index (χ1v) is 8.92. The Morgan fingerprint density at radius 1 is 1.11 bits per heavy atom. The van der Waals surface area contributed by atoms with Gasteiger partial charge in [0.2, 0.25) is 0 Å². The predicted molar refractivity (Wildman–Crippen MR) is 77.1 cm³/mol. The third kappa shape index (κ3) is 2.39. The van der Waals surface area contributed by atoms with Gasteiger partial charge in [-0.3, -0.25) is 0 Å². The number of aromatic nitrogens is 1. The minimum atomic E-state index is -3.70. The van der Waals surface area contributed by atoms with Crippen molar-refractivity contribution in [2.75, 3.05) is 0 Å². The van der Waals surface area contributed by atoms with Crippen LogP contribution in [0.3, 0.4) is 0 Å². The van der Waals surface area contributed by atoms with Crippen molar-refractivity contribution in [3.63, 3.8) is 0 Å². The van der Waals surface area contributed by atoms with Gasteiger partial charge >= 0.3 is 0 Å². The van der Waals surface area contributed by atoms with Crippen molar-refractivity contribution < 1.29 is 8.42 Å². The molecule has 19 heavy (non-hydrogen) atoms. The lowest BCUT2D eigenvalue weighted by molar-refractivity contribution is 0.360. The molecule has 0 unspecified atom stereocenters. The quantitative estimate of drug-likeness (QED) is 0.784. The second-order valence-electron chi connectivity index (χ2n) is 5.15. The number of hydrogen-bond acceptors (Lipinski definition) is 2. The smallest absolute Gasteiger partial charge is 0.263 e. The number of fused-ring (bicyclic) bond motifs is 1. The van der Waals surface area contributed by atoms with Crippen LogP contribution in [0.15, 0.2) is 35.4 Å². The molecular formula is C14H16ClNO2S. The minimum Gasteiger partial charge on any atom is -0.343 e. The van der Waals surface area contributed by atoms with Gasteiger partial charge in [-0.1, -0.05) is 37.5 Å². The van der Waals surface area contributed by atoms with Gasteiger partial charge in [0, 0.05) is 33.8 Å². The Balaban J connectivity index is 2.20. The Bertz CT molecular complexity index is 699. The predicted octanol–water partition coefficient (Wildman–Crippen LogP) is 4.07. The number of halogens is 1. The Morgan fingerprint density at radius 2 is 1.79 bits per heavy atom. The van der Waals surface area contributed by atoms with Crippen molar-refractivity contribution in [1.29, 1.82) is 0 Å². The monoisotopic (exact) mass is 297 g/mol. The molecule has 3 nitrogen and oxygen atoms in total. The lowest BCUT2D eigenvalue weighted by atomic mass is 9.95. The molecule has 1 saturated carbocycles. The van der Waals surface area contributed by atoms with E-state index in [1.54, 1.807) is 6.20 Å². The molecule has 2 aromatic rings. The topological polar surface area (TPSA) is 39.1 Å². The molecule has 0 N–H and O–H groups in total. The molecule has 1 aromatic carbocycles. The van der Waals surface area contributed by atoms with Crippen molar-refractivity contribution in [2.24, 2.45) is 0 Å². The van der Waals surface area contributed by atoms with Gasteiger partial charge in [0.1, 0.15) is 4.90 Å². The highest BCUT2D eigenvalue weighted by atomic mass is 35.7.